The number of anilines is 1. The van der Waals surface area contributed by atoms with E-state index in [-0.39, 0.29) is 10.9 Å². The van der Waals surface area contributed by atoms with Gasteiger partial charge in [0.15, 0.2) is 0 Å². The fraction of sp³-hybridized carbons (Fsp3) is 0.300. The van der Waals surface area contributed by atoms with Gasteiger partial charge in [0.1, 0.15) is 6.29 Å². The highest BCUT2D eigenvalue weighted by molar-refractivity contribution is 7.89. The van der Waals surface area contributed by atoms with Gasteiger partial charge in [-0.15, -0.1) is 0 Å². The second-order valence-corrected chi connectivity index (χ2v) is 4.93. The number of primary sulfonamides is 1. The average Bonchev–Trinajstić information content (AvgIpc) is 2.25. The molecule has 0 aliphatic rings. The van der Waals surface area contributed by atoms with Gasteiger partial charge in [0.2, 0.25) is 10.0 Å². The van der Waals surface area contributed by atoms with E-state index in [1.807, 2.05) is 6.92 Å². The minimum Gasteiger partial charge on any atom is -0.376 e. The molecular weight excluding hydrogens is 228 g/mol. The van der Waals surface area contributed by atoms with E-state index in [1.165, 1.54) is 12.1 Å². The van der Waals surface area contributed by atoms with Crippen molar-refractivity contribution in [1.82, 2.24) is 0 Å². The minimum absolute atomic E-state index is 0.0530. The van der Waals surface area contributed by atoms with Gasteiger partial charge in [-0.2, -0.15) is 0 Å². The highest BCUT2D eigenvalue weighted by Gasteiger charge is 2.08. The number of hydrogen-bond acceptors (Lipinski definition) is 4. The number of nitrogens with two attached hydrogens (primary N) is 1. The molecule has 0 saturated heterocycles. The second-order valence-electron chi connectivity index (χ2n) is 3.36. The summed E-state index contributed by atoms with van der Waals surface area (Å²) in [4.78, 5) is 10.6. The number of hydrogen-bond donors (Lipinski definition) is 2. The van der Waals surface area contributed by atoms with Crippen LogP contribution in [0.15, 0.2) is 29.2 Å². The molecule has 0 aliphatic heterocycles. The Morgan fingerprint density at radius 2 is 1.94 bits per heavy atom. The molecule has 1 aromatic carbocycles. The molecule has 0 heterocycles. The standard InChI is InChI=1S/C10H14N2O3S/c1-2-8(7-13)12-9-3-5-10(6-4-9)16(11,14)15/h3-8,12H,2H2,1H3,(H2,11,14,15). The number of carbonyl (C=O) groups is 1. The van der Waals surface area contributed by atoms with Crippen LogP contribution >= 0.6 is 0 Å². The lowest BCUT2D eigenvalue weighted by atomic mass is 10.2. The molecule has 0 saturated carbocycles. The van der Waals surface area contributed by atoms with Gasteiger partial charge < -0.3 is 10.1 Å². The number of sulfonamides is 1. The Kier molecular flexibility index (Phi) is 4.03. The van der Waals surface area contributed by atoms with Gasteiger partial charge in [-0.25, -0.2) is 13.6 Å². The Hall–Kier alpha value is -1.40. The zero-order valence-electron chi connectivity index (χ0n) is 8.88. The fourth-order valence-electron chi connectivity index (χ4n) is 1.19. The maximum atomic E-state index is 11.0. The van der Waals surface area contributed by atoms with Crippen molar-refractivity contribution in [3.63, 3.8) is 0 Å². The molecule has 0 aromatic heterocycles. The average molecular weight is 242 g/mol. The summed E-state index contributed by atoms with van der Waals surface area (Å²) in [7, 11) is -3.66. The molecule has 0 fully saturated rings. The van der Waals surface area contributed by atoms with Crippen LogP contribution in [0.3, 0.4) is 0 Å². The van der Waals surface area contributed by atoms with Gasteiger partial charge in [0.05, 0.1) is 10.9 Å². The van der Waals surface area contributed by atoms with E-state index >= 15 is 0 Å². The van der Waals surface area contributed by atoms with Crippen LogP contribution in [-0.4, -0.2) is 20.7 Å². The Balaban J connectivity index is 2.83. The van der Waals surface area contributed by atoms with Crippen molar-refractivity contribution in [2.24, 2.45) is 5.14 Å². The smallest absolute Gasteiger partial charge is 0.238 e. The van der Waals surface area contributed by atoms with Gasteiger partial charge in [-0.3, -0.25) is 0 Å². The third-order valence-electron chi connectivity index (χ3n) is 2.14. The molecule has 0 aliphatic carbocycles. The van der Waals surface area contributed by atoms with E-state index in [0.29, 0.717) is 12.1 Å². The van der Waals surface area contributed by atoms with Crippen LogP contribution in [0, 0.1) is 0 Å². The van der Waals surface area contributed by atoms with Gasteiger partial charge in [0, 0.05) is 5.69 Å². The normalized spacial score (nSPS) is 13.1. The van der Waals surface area contributed by atoms with Crippen LogP contribution in [-0.2, 0) is 14.8 Å². The van der Waals surface area contributed by atoms with E-state index in [9.17, 15) is 13.2 Å². The molecule has 16 heavy (non-hydrogen) atoms. The first-order valence-electron chi connectivity index (χ1n) is 4.82. The summed E-state index contributed by atoms with van der Waals surface area (Å²) in [6.45, 7) is 1.88. The molecule has 1 atom stereocenters. The molecule has 1 aromatic rings. The minimum atomic E-state index is -3.66. The molecular formula is C10H14N2O3S. The van der Waals surface area contributed by atoms with Crippen molar-refractivity contribution in [3.8, 4) is 0 Å². The first-order chi connectivity index (χ1) is 7.47. The SMILES string of the molecule is CCC(C=O)Nc1ccc(S(N)(=O)=O)cc1. The summed E-state index contributed by atoms with van der Waals surface area (Å²) >= 11 is 0. The highest BCUT2D eigenvalue weighted by atomic mass is 32.2. The van der Waals surface area contributed by atoms with Crippen molar-refractivity contribution in [2.75, 3.05) is 5.32 Å². The second kappa shape index (κ2) is 5.09. The lowest BCUT2D eigenvalue weighted by Crippen LogP contribution is -2.19. The summed E-state index contributed by atoms with van der Waals surface area (Å²) in [5.41, 5.74) is 0.686. The third kappa shape index (κ3) is 3.32. The zero-order valence-corrected chi connectivity index (χ0v) is 9.70. The van der Waals surface area contributed by atoms with Crippen LogP contribution < -0.4 is 10.5 Å². The molecule has 1 rings (SSSR count). The van der Waals surface area contributed by atoms with Gasteiger partial charge in [-0.1, -0.05) is 6.92 Å². The number of rotatable bonds is 5. The summed E-state index contributed by atoms with van der Waals surface area (Å²) in [6, 6.07) is 5.68. The van der Waals surface area contributed by atoms with Crippen molar-refractivity contribution >= 4 is 22.0 Å². The third-order valence-corrected chi connectivity index (χ3v) is 3.07. The first-order valence-corrected chi connectivity index (χ1v) is 6.36. The van der Waals surface area contributed by atoms with Crippen LogP contribution in [0.5, 0.6) is 0 Å². The fourth-order valence-corrected chi connectivity index (χ4v) is 1.70. The van der Waals surface area contributed by atoms with Crippen molar-refractivity contribution in [1.29, 1.82) is 0 Å². The Morgan fingerprint density at radius 3 is 2.31 bits per heavy atom. The summed E-state index contributed by atoms with van der Waals surface area (Å²) < 4.78 is 22.0. The molecule has 0 spiro atoms. The molecule has 6 heteroatoms. The highest BCUT2D eigenvalue weighted by Crippen LogP contribution is 2.13. The van der Waals surface area contributed by atoms with Crippen molar-refractivity contribution in [3.05, 3.63) is 24.3 Å². The first kappa shape index (κ1) is 12.7. The Bertz CT molecular complexity index is 453. The lowest BCUT2D eigenvalue weighted by Gasteiger charge is -2.11. The topological polar surface area (TPSA) is 89.3 Å². The van der Waals surface area contributed by atoms with E-state index in [2.05, 4.69) is 5.32 Å². The van der Waals surface area contributed by atoms with Gasteiger partial charge in [-0.05, 0) is 30.7 Å². The maximum Gasteiger partial charge on any atom is 0.238 e. The Labute approximate surface area is 94.7 Å². The van der Waals surface area contributed by atoms with Crippen LogP contribution in [0.25, 0.3) is 0 Å². The lowest BCUT2D eigenvalue weighted by molar-refractivity contribution is -0.108. The number of carbonyl (C=O) groups excluding carboxylic acids is 1. The molecule has 0 radical (unpaired) electrons. The predicted octanol–water partition coefficient (Wildman–Crippen LogP) is 0.723. The van der Waals surface area contributed by atoms with Crippen molar-refractivity contribution < 1.29 is 13.2 Å². The van der Waals surface area contributed by atoms with Gasteiger partial charge >= 0.3 is 0 Å². The molecule has 0 amide bonds. The number of benzene rings is 1. The monoisotopic (exact) mass is 242 g/mol. The molecule has 0 bridgehead atoms. The van der Waals surface area contributed by atoms with E-state index in [0.717, 1.165) is 6.29 Å². The number of nitrogens with one attached hydrogen (secondary N) is 1. The maximum absolute atomic E-state index is 11.0. The zero-order chi connectivity index (χ0) is 12.2. The summed E-state index contributed by atoms with van der Waals surface area (Å²) in [5.74, 6) is 0. The van der Waals surface area contributed by atoms with E-state index < -0.39 is 10.0 Å². The van der Waals surface area contributed by atoms with Gasteiger partial charge in [0.25, 0.3) is 0 Å². The summed E-state index contributed by atoms with van der Waals surface area (Å²) in [5, 5.41) is 7.91. The van der Waals surface area contributed by atoms with Crippen LogP contribution in [0.1, 0.15) is 13.3 Å². The molecule has 3 N–H and O–H groups in total. The molecule has 5 nitrogen and oxygen atoms in total. The van der Waals surface area contributed by atoms with Crippen LogP contribution in [0.2, 0.25) is 0 Å². The quantitative estimate of drug-likeness (QED) is 0.745. The largest absolute Gasteiger partial charge is 0.376 e. The molecule has 88 valence electrons. The van der Waals surface area contributed by atoms with Crippen LogP contribution in [0.4, 0.5) is 5.69 Å². The van der Waals surface area contributed by atoms with E-state index in [1.54, 1.807) is 12.1 Å². The predicted molar refractivity (Wildman–Crippen MR) is 61.6 cm³/mol. The van der Waals surface area contributed by atoms with E-state index in [4.69, 9.17) is 5.14 Å². The Morgan fingerprint density at radius 1 is 1.38 bits per heavy atom. The number of aldehydes is 1. The summed E-state index contributed by atoms with van der Waals surface area (Å²) in [6.07, 6.45) is 1.48. The van der Waals surface area contributed by atoms with Crippen molar-refractivity contribution in [2.45, 2.75) is 24.3 Å². The molecule has 1 unspecified atom stereocenters.